The zero-order valence-corrected chi connectivity index (χ0v) is 12.6. The number of hydrogen-bond acceptors (Lipinski definition) is 4. The van der Waals surface area contributed by atoms with Gasteiger partial charge in [-0.3, -0.25) is 4.79 Å². The fraction of sp³-hybridized carbons (Fsp3) is 0.625. The lowest BCUT2D eigenvalue weighted by molar-refractivity contribution is 0.1000. The summed E-state index contributed by atoms with van der Waals surface area (Å²) in [6, 6.07) is 4.70. The second-order valence-corrected chi connectivity index (χ2v) is 6.25. The fourth-order valence-electron chi connectivity index (χ4n) is 3.07. The Hall–Kier alpha value is -1.62. The Morgan fingerprint density at radius 1 is 1.38 bits per heavy atom. The molecule has 1 saturated carbocycles. The van der Waals surface area contributed by atoms with Gasteiger partial charge in [0.25, 0.3) is 0 Å². The molecule has 0 bridgehead atoms. The molecule has 1 aliphatic heterocycles. The number of aromatic nitrogens is 1. The topological polar surface area (TPSA) is 71.2 Å². The molecule has 1 unspecified atom stereocenters. The van der Waals surface area contributed by atoms with Crippen molar-refractivity contribution in [3.05, 3.63) is 23.4 Å². The monoisotopic (exact) mass is 288 g/mol. The van der Waals surface area contributed by atoms with E-state index >= 15 is 0 Å². The van der Waals surface area contributed by atoms with E-state index in [0.717, 1.165) is 24.6 Å². The highest BCUT2D eigenvalue weighted by Crippen LogP contribution is 2.32. The van der Waals surface area contributed by atoms with Gasteiger partial charge in [0, 0.05) is 29.9 Å². The molecule has 1 saturated heterocycles. The van der Waals surface area contributed by atoms with Crippen LogP contribution in [0.3, 0.4) is 0 Å². The molecule has 3 N–H and O–H groups in total. The minimum Gasteiger partial charge on any atom is -0.366 e. The Morgan fingerprint density at radius 2 is 2.19 bits per heavy atom. The van der Waals surface area contributed by atoms with E-state index in [4.69, 9.17) is 5.73 Å². The molecule has 1 aromatic heterocycles. The molecule has 1 amide bonds. The molecular formula is C16H24N4O. The molecule has 1 atom stereocenters. The van der Waals surface area contributed by atoms with Crippen LogP contribution in [0.4, 0.5) is 5.82 Å². The van der Waals surface area contributed by atoms with Gasteiger partial charge in [0.2, 0.25) is 5.91 Å². The summed E-state index contributed by atoms with van der Waals surface area (Å²) in [6.45, 7) is 4.00. The highest BCUT2D eigenvalue weighted by atomic mass is 16.1. The molecule has 0 radical (unpaired) electrons. The number of aryl methyl sites for hydroxylation is 1. The van der Waals surface area contributed by atoms with Gasteiger partial charge in [-0.05, 0) is 51.3 Å². The Kier molecular flexibility index (Phi) is 4.10. The first kappa shape index (κ1) is 14.3. The average Bonchev–Trinajstić information content (AvgIpc) is 3.29. The van der Waals surface area contributed by atoms with Crippen LogP contribution in [0.1, 0.15) is 48.2 Å². The second-order valence-electron chi connectivity index (χ2n) is 6.25. The third kappa shape index (κ3) is 3.53. The summed E-state index contributed by atoms with van der Waals surface area (Å²) in [6.07, 6.45) is 6.22. The zero-order valence-electron chi connectivity index (χ0n) is 12.6. The predicted octanol–water partition coefficient (Wildman–Crippen LogP) is 1.60. The first-order chi connectivity index (χ1) is 10.1. The first-order valence-electron chi connectivity index (χ1n) is 7.92. The van der Waals surface area contributed by atoms with Crippen molar-refractivity contribution >= 4 is 11.7 Å². The van der Waals surface area contributed by atoms with Gasteiger partial charge in [0.1, 0.15) is 5.82 Å². The SMILES string of the molecule is Cc1cc(C(N)=O)cc(N(CC2CCCCN2)C2CC2)n1. The molecule has 5 heteroatoms. The molecule has 21 heavy (non-hydrogen) atoms. The van der Waals surface area contributed by atoms with E-state index in [-0.39, 0.29) is 5.91 Å². The molecule has 0 spiro atoms. The van der Waals surface area contributed by atoms with Crippen molar-refractivity contribution in [2.45, 2.75) is 51.1 Å². The van der Waals surface area contributed by atoms with E-state index in [1.165, 1.54) is 32.1 Å². The van der Waals surface area contributed by atoms with E-state index in [1.54, 1.807) is 6.07 Å². The van der Waals surface area contributed by atoms with Gasteiger partial charge < -0.3 is 16.0 Å². The van der Waals surface area contributed by atoms with Crippen molar-refractivity contribution in [2.75, 3.05) is 18.0 Å². The Balaban J connectivity index is 1.81. The molecule has 5 nitrogen and oxygen atoms in total. The maximum absolute atomic E-state index is 11.5. The van der Waals surface area contributed by atoms with Gasteiger partial charge in [-0.25, -0.2) is 4.98 Å². The number of rotatable bonds is 5. The smallest absolute Gasteiger partial charge is 0.248 e. The third-order valence-corrected chi connectivity index (χ3v) is 4.34. The highest BCUT2D eigenvalue weighted by Gasteiger charge is 2.32. The largest absolute Gasteiger partial charge is 0.366 e. The van der Waals surface area contributed by atoms with Crippen LogP contribution < -0.4 is 16.0 Å². The molecule has 2 aliphatic rings. The lowest BCUT2D eigenvalue weighted by Gasteiger charge is -2.31. The average molecular weight is 288 g/mol. The Morgan fingerprint density at radius 3 is 2.81 bits per heavy atom. The summed E-state index contributed by atoms with van der Waals surface area (Å²) in [4.78, 5) is 18.5. The molecule has 2 fully saturated rings. The maximum Gasteiger partial charge on any atom is 0.248 e. The fourth-order valence-corrected chi connectivity index (χ4v) is 3.07. The number of carbonyl (C=O) groups is 1. The lowest BCUT2D eigenvalue weighted by Crippen LogP contribution is -2.45. The third-order valence-electron chi connectivity index (χ3n) is 4.34. The summed E-state index contributed by atoms with van der Waals surface area (Å²) in [5.74, 6) is 0.520. The Bertz CT molecular complexity index is 521. The van der Waals surface area contributed by atoms with Crippen molar-refractivity contribution in [1.82, 2.24) is 10.3 Å². The molecule has 1 aromatic rings. The van der Waals surface area contributed by atoms with Crippen LogP contribution in [0.5, 0.6) is 0 Å². The van der Waals surface area contributed by atoms with Crippen LogP contribution in [0, 0.1) is 6.92 Å². The zero-order chi connectivity index (χ0) is 14.8. The number of anilines is 1. The maximum atomic E-state index is 11.5. The summed E-state index contributed by atoms with van der Waals surface area (Å²) < 4.78 is 0. The number of primary amides is 1. The van der Waals surface area contributed by atoms with Crippen LogP contribution >= 0.6 is 0 Å². The summed E-state index contributed by atoms with van der Waals surface area (Å²) in [5.41, 5.74) is 6.84. The van der Waals surface area contributed by atoms with Gasteiger partial charge in [-0.1, -0.05) is 6.42 Å². The van der Waals surface area contributed by atoms with E-state index < -0.39 is 0 Å². The van der Waals surface area contributed by atoms with Crippen LogP contribution in [0.15, 0.2) is 12.1 Å². The number of hydrogen-bond donors (Lipinski definition) is 2. The van der Waals surface area contributed by atoms with Crippen molar-refractivity contribution in [3.63, 3.8) is 0 Å². The normalized spacial score (nSPS) is 22.0. The van der Waals surface area contributed by atoms with Crippen LogP contribution in [-0.2, 0) is 0 Å². The first-order valence-corrected chi connectivity index (χ1v) is 7.92. The summed E-state index contributed by atoms with van der Waals surface area (Å²) >= 11 is 0. The number of nitrogens with one attached hydrogen (secondary N) is 1. The molecule has 3 rings (SSSR count). The summed E-state index contributed by atoms with van der Waals surface area (Å²) in [7, 11) is 0. The molecule has 1 aliphatic carbocycles. The predicted molar refractivity (Wildman–Crippen MR) is 83.5 cm³/mol. The van der Waals surface area contributed by atoms with E-state index in [9.17, 15) is 4.79 Å². The minimum atomic E-state index is -0.381. The standard InChI is InChI=1S/C16H24N4O/c1-11-8-12(16(17)21)9-15(19-11)20(14-5-6-14)10-13-4-2-3-7-18-13/h8-9,13-14,18H,2-7,10H2,1H3,(H2,17,21). The van der Waals surface area contributed by atoms with Gasteiger partial charge in [0.15, 0.2) is 0 Å². The number of amides is 1. The van der Waals surface area contributed by atoms with Gasteiger partial charge in [-0.2, -0.15) is 0 Å². The number of carbonyl (C=O) groups excluding carboxylic acids is 1. The lowest BCUT2D eigenvalue weighted by atomic mass is 10.0. The van der Waals surface area contributed by atoms with Crippen molar-refractivity contribution < 1.29 is 4.79 Å². The van der Waals surface area contributed by atoms with Gasteiger partial charge in [-0.15, -0.1) is 0 Å². The molecule has 0 aromatic carbocycles. The molecule has 2 heterocycles. The van der Waals surface area contributed by atoms with Crippen LogP contribution in [-0.4, -0.2) is 36.1 Å². The number of nitrogens with two attached hydrogens (primary N) is 1. The Labute approximate surface area is 125 Å². The number of piperidine rings is 1. The van der Waals surface area contributed by atoms with Crippen LogP contribution in [0.25, 0.3) is 0 Å². The minimum absolute atomic E-state index is 0.381. The number of pyridine rings is 1. The van der Waals surface area contributed by atoms with Crippen molar-refractivity contribution in [3.8, 4) is 0 Å². The second kappa shape index (κ2) is 6.02. The molecular weight excluding hydrogens is 264 g/mol. The molecule has 114 valence electrons. The van der Waals surface area contributed by atoms with Gasteiger partial charge in [0.05, 0.1) is 0 Å². The van der Waals surface area contributed by atoms with Crippen LogP contribution in [0.2, 0.25) is 0 Å². The van der Waals surface area contributed by atoms with E-state index in [0.29, 0.717) is 17.6 Å². The van der Waals surface area contributed by atoms with Crippen molar-refractivity contribution in [2.24, 2.45) is 5.73 Å². The van der Waals surface area contributed by atoms with Crippen molar-refractivity contribution in [1.29, 1.82) is 0 Å². The van der Waals surface area contributed by atoms with E-state index in [2.05, 4.69) is 15.2 Å². The quantitative estimate of drug-likeness (QED) is 0.863. The highest BCUT2D eigenvalue weighted by molar-refractivity contribution is 5.93. The van der Waals surface area contributed by atoms with Gasteiger partial charge >= 0.3 is 0 Å². The summed E-state index contributed by atoms with van der Waals surface area (Å²) in [5, 5.41) is 3.59. The number of nitrogens with zero attached hydrogens (tertiary/aromatic N) is 2. The van der Waals surface area contributed by atoms with E-state index in [1.807, 2.05) is 13.0 Å².